The van der Waals surface area contributed by atoms with Gasteiger partial charge in [0.25, 0.3) is 0 Å². The Morgan fingerprint density at radius 3 is 2.76 bits per heavy atom. The van der Waals surface area contributed by atoms with Gasteiger partial charge in [0, 0.05) is 23.6 Å². The number of nitrogens with zero attached hydrogens (tertiary/aromatic N) is 1. The maximum atomic E-state index is 11.9. The summed E-state index contributed by atoms with van der Waals surface area (Å²) < 4.78 is 0.227. The minimum Gasteiger partial charge on any atom is -0.339 e. The molecule has 2 fully saturated rings. The van der Waals surface area contributed by atoms with Crippen LogP contribution in [0.5, 0.6) is 0 Å². The molecular weight excluding hydrogens is 256 g/mol. The highest BCUT2D eigenvalue weighted by Crippen LogP contribution is 2.29. The van der Waals surface area contributed by atoms with Crippen LogP contribution in [0.3, 0.4) is 0 Å². The second-order valence-corrected chi connectivity index (χ2v) is 7.30. The summed E-state index contributed by atoms with van der Waals surface area (Å²) in [4.78, 5) is 14.0. The molecule has 1 amide bonds. The third-order valence-corrected chi connectivity index (χ3v) is 4.48. The molecule has 1 heterocycles. The average Bonchev–Trinajstić information content (AvgIpc) is 3.00. The smallest absolute Gasteiger partial charge is 0.236 e. The van der Waals surface area contributed by atoms with E-state index in [1.807, 2.05) is 16.7 Å². The van der Waals surface area contributed by atoms with Gasteiger partial charge in [-0.15, -0.1) is 12.4 Å². The second kappa shape index (κ2) is 6.30. The fourth-order valence-corrected chi connectivity index (χ4v) is 3.16. The van der Waals surface area contributed by atoms with Crippen molar-refractivity contribution in [2.24, 2.45) is 5.92 Å². The molecular formula is C12H23ClN2OS. The molecule has 0 spiro atoms. The van der Waals surface area contributed by atoms with Crippen molar-refractivity contribution >= 4 is 30.1 Å². The highest BCUT2D eigenvalue weighted by molar-refractivity contribution is 8.00. The summed E-state index contributed by atoms with van der Waals surface area (Å²) in [5, 5.41) is 3.27. The maximum absolute atomic E-state index is 11.9. The Hall–Kier alpha value is 0.0700. The van der Waals surface area contributed by atoms with Crippen molar-refractivity contribution in [1.82, 2.24) is 10.2 Å². The van der Waals surface area contributed by atoms with Crippen molar-refractivity contribution in [1.29, 1.82) is 0 Å². The Balaban J connectivity index is 0.00000144. The molecule has 0 atom stereocenters. The first-order valence-corrected chi connectivity index (χ1v) is 7.18. The van der Waals surface area contributed by atoms with Gasteiger partial charge >= 0.3 is 0 Å². The highest BCUT2D eigenvalue weighted by atomic mass is 35.5. The van der Waals surface area contributed by atoms with Crippen molar-refractivity contribution in [2.45, 2.75) is 31.4 Å². The van der Waals surface area contributed by atoms with E-state index in [9.17, 15) is 4.79 Å². The van der Waals surface area contributed by atoms with Gasteiger partial charge in [-0.3, -0.25) is 4.79 Å². The van der Waals surface area contributed by atoms with Crippen molar-refractivity contribution in [2.75, 3.05) is 31.9 Å². The number of carbonyl (C=O) groups excluding carboxylic acids is 1. The minimum absolute atomic E-state index is 0. The van der Waals surface area contributed by atoms with Crippen LogP contribution in [0.15, 0.2) is 0 Å². The molecule has 5 heteroatoms. The summed E-state index contributed by atoms with van der Waals surface area (Å²) in [6.07, 6.45) is 2.68. The number of nitrogens with one attached hydrogen (secondary N) is 1. The molecule has 2 rings (SSSR count). The summed E-state index contributed by atoms with van der Waals surface area (Å²) >= 11 is 1.97. The van der Waals surface area contributed by atoms with Gasteiger partial charge in [-0.1, -0.05) is 0 Å². The number of rotatable bonds is 4. The molecule has 100 valence electrons. The molecule has 1 saturated carbocycles. The zero-order valence-electron chi connectivity index (χ0n) is 10.7. The molecule has 2 aliphatic rings. The van der Waals surface area contributed by atoms with Crippen LogP contribution in [-0.4, -0.2) is 47.5 Å². The normalized spacial score (nSPS) is 23.1. The monoisotopic (exact) mass is 278 g/mol. The van der Waals surface area contributed by atoms with Gasteiger partial charge in [0.1, 0.15) is 0 Å². The van der Waals surface area contributed by atoms with Gasteiger partial charge < -0.3 is 10.2 Å². The quantitative estimate of drug-likeness (QED) is 0.851. The van der Waals surface area contributed by atoms with Crippen LogP contribution in [0, 0.1) is 5.92 Å². The lowest BCUT2D eigenvalue weighted by molar-refractivity contribution is -0.130. The van der Waals surface area contributed by atoms with E-state index in [4.69, 9.17) is 0 Å². The van der Waals surface area contributed by atoms with Gasteiger partial charge in [0.2, 0.25) is 5.91 Å². The lowest BCUT2D eigenvalue weighted by Crippen LogP contribution is -2.49. The van der Waals surface area contributed by atoms with E-state index in [-0.39, 0.29) is 23.1 Å². The number of carbonyl (C=O) groups is 1. The second-order valence-electron chi connectivity index (χ2n) is 5.50. The number of halogens is 1. The lowest BCUT2D eigenvalue weighted by atomic mass is 10.2. The van der Waals surface area contributed by atoms with Gasteiger partial charge in [-0.05, 0) is 39.2 Å². The molecule has 0 aromatic carbocycles. The summed E-state index contributed by atoms with van der Waals surface area (Å²) in [5.74, 6) is 2.19. The fraction of sp³-hybridized carbons (Fsp3) is 0.917. The third kappa shape index (κ3) is 5.06. The first-order valence-electron chi connectivity index (χ1n) is 6.19. The SMILES string of the molecule is CC1(C)CN(C(=O)CNCC2CC2)CCS1.Cl. The molecule has 17 heavy (non-hydrogen) atoms. The Bertz CT molecular complexity index is 269. The molecule has 1 N–H and O–H groups in total. The molecule has 0 radical (unpaired) electrons. The molecule has 0 aromatic rings. The molecule has 1 aliphatic heterocycles. The van der Waals surface area contributed by atoms with Crippen molar-refractivity contribution in [3.8, 4) is 0 Å². The largest absolute Gasteiger partial charge is 0.339 e. The molecule has 0 bridgehead atoms. The predicted octanol–water partition coefficient (Wildman–Crippen LogP) is 1.76. The first-order chi connectivity index (χ1) is 7.57. The first kappa shape index (κ1) is 15.1. The van der Waals surface area contributed by atoms with E-state index in [1.54, 1.807) is 0 Å². The summed E-state index contributed by atoms with van der Waals surface area (Å²) in [7, 11) is 0. The van der Waals surface area contributed by atoms with Crippen LogP contribution in [0.4, 0.5) is 0 Å². The molecule has 1 aliphatic carbocycles. The van der Waals surface area contributed by atoms with Crippen molar-refractivity contribution in [3.63, 3.8) is 0 Å². The molecule has 1 saturated heterocycles. The van der Waals surface area contributed by atoms with Gasteiger partial charge in [0.05, 0.1) is 6.54 Å². The highest BCUT2D eigenvalue weighted by Gasteiger charge is 2.29. The van der Waals surface area contributed by atoms with E-state index in [2.05, 4.69) is 19.2 Å². The predicted molar refractivity (Wildman–Crippen MR) is 76.0 cm³/mol. The van der Waals surface area contributed by atoms with E-state index >= 15 is 0 Å². The molecule has 3 nitrogen and oxygen atoms in total. The molecule has 0 aromatic heterocycles. The Labute approximate surface area is 114 Å². The summed E-state index contributed by atoms with van der Waals surface area (Å²) in [5.41, 5.74) is 0. The van der Waals surface area contributed by atoms with Crippen LogP contribution >= 0.6 is 24.2 Å². The number of amides is 1. The van der Waals surface area contributed by atoms with E-state index in [0.29, 0.717) is 6.54 Å². The van der Waals surface area contributed by atoms with Crippen molar-refractivity contribution < 1.29 is 4.79 Å². The summed E-state index contributed by atoms with van der Waals surface area (Å²) in [6, 6.07) is 0. The number of hydrogen-bond donors (Lipinski definition) is 1. The van der Waals surface area contributed by atoms with Gasteiger partial charge in [-0.2, -0.15) is 11.8 Å². The standard InChI is InChI=1S/C12H22N2OS.ClH/c1-12(2)9-14(5-6-16-12)11(15)8-13-7-10-3-4-10;/h10,13H,3-9H2,1-2H3;1H. The Morgan fingerprint density at radius 2 is 2.18 bits per heavy atom. The van der Waals surface area contributed by atoms with E-state index in [1.165, 1.54) is 12.8 Å². The zero-order valence-corrected chi connectivity index (χ0v) is 12.3. The zero-order chi connectivity index (χ0) is 11.6. The molecule has 0 unspecified atom stereocenters. The number of hydrogen-bond acceptors (Lipinski definition) is 3. The van der Waals surface area contributed by atoms with Crippen LogP contribution < -0.4 is 5.32 Å². The van der Waals surface area contributed by atoms with Crippen LogP contribution in [-0.2, 0) is 4.79 Å². The minimum atomic E-state index is 0. The van der Waals surface area contributed by atoms with Crippen LogP contribution in [0.1, 0.15) is 26.7 Å². The Morgan fingerprint density at radius 1 is 1.47 bits per heavy atom. The topological polar surface area (TPSA) is 32.3 Å². The number of thioether (sulfide) groups is 1. The van der Waals surface area contributed by atoms with Crippen LogP contribution in [0.25, 0.3) is 0 Å². The van der Waals surface area contributed by atoms with Gasteiger partial charge in [0.15, 0.2) is 0 Å². The van der Waals surface area contributed by atoms with Gasteiger partial charge in [-0.25, -0.2) is 0 Å². The van der Waals surface area contributed by atoms with E-state index < -0.39 is 0 Å². The van der Waals surface area contributed by atoms with Crippen LogP contribution in [0.2, 0.25) is 0 Å². The Kier molecular flexibility index (Phi) is 5.61. The maximum Gasteiger partial charge on any atom is 0.236 e. The third-order valence-electron chi connectivity index (χ3n) is 3.18. The average molecular weight is 279 g/mol. The summed E-state index contributed by atoms with van der Waals surface area (Å²) in [6.45, 7) is 7.79. The lowest BCUT2D eigenvalue weighted by Gasteiger charge is -2.37. The van der Waals surface area contributed by atoms with E-state index in [0.717, 1.165) is 31.3 Å². The van der Waals surface area contributed by atoms with Crippen molar-refractivity contribution in [3.05, 3.63) is 0 Å². The fourth-order valence-electron chi connectivity index (χ4n) is 2.05.